The van der Waals surface area contributed by atoms with Crippen molar-refractivity contribution in [2.45, 2.75) is 31.5 Å². The largest absolute Gasteiger partial charge is 0.490 e. The summed E-state index contributed by atoms with van der Waals surface area (Å²) in [5, 5.41) is 2.40. The van der Waals surface area contributed by atoms with E-state index in [2.05, 4.69) is 4.98 Å². The minimum absolute atomic E-state index is 0. The van der Waals surface area contributed by atoms with E-state index in [1.54, 1.807) is 18.5 Å². The third kappa shape index (κ3) is 5.62. The van der Waals surface area contributed by atoms with Crippen molar-refractivity contribution in [2.75, 3.05) is 19.6 Å². The predicted molar refractivity (Wildman–Crippen MR) is 94.8 cm³/mol. The summed E-state index contributed by atoms with van der Waals surface area (Å²) in [7, 11) is 0. The maximum absolute atomic E-state index is 12.3. The van der Waals surface area contributed by atoms with Gasteiger partial charge < -0.3 is 9.64 Å². The molecule has 0 saturated carbocycles. The Kier molecular flexibility index (Phi) is 6.77. The van der Waals surface area contributed by atoms with E-state index in [1.165, 1.54) is 0 Å². The molecule has 1 aliphatic rings. The van der Waals surface area contributed by atoms with E-state index in [-0.39, 0.29) is 25.1 Å². The monoisotopic (exact) mass is 394 g/mol. The highest BCUT2D eigenvalue weighted by molar-refractivity contribution is 6.35. The summed E-state index contributed by atoms with van der Waals surface area (Å²) < 4.78 is 42.8. The van der Waals surface area contributed by atoms with Gasteiger partial charge in [0.2, 0.25) is 0 Å². The molecule has 2 aromatic rings. The van der Waals surface area contributed by atoms with Gasteiger partial charge in [-0.25, -0.2) is 0 Å². The zero-order chi connectivity index (χ0) is 17.2. The molecule has 1 saturated heterocycles. The number of benzene rings is 1. The van der Waals surface area contributed by atoms with E-state index < -0.39 is 12.6 Å². The van der Waals surface area contributed by atoms with Gasteiger partial charge in [0, 0.05) is 37.4 Å². The number of rotatable bonds is 4. The molecule has 3 rings (SSSR count). The summed E-state index contributed by atoms with van der Waals surface area (Å²) in [5.41, 5.74) is 0. The van der Waals surface area contributed by atoms with E-state index >= 15 is 0 Å². The highest BCUT2D eigenvalue weighted by Gasteiger charge is 2.29. The Morgan fingerprint density at radius 3 is 2.64 bits per heavy atom. The molecule has 0 bridgehead atoms. The first-order chi connectivity index (χ1) is 11.4. The zero-order valence-corrected chi connectivity index (χ0v) is 15.0. The van der Waals surface area contributed by atoms with Gasteiger partial charge in [-0.2, -0.15) is 13.2 Å². The second kappa shape index (κ2) is 8.43. The summed E-state index contributed by atoms with van der Waals surface area (Å²) in [6, 6.07) is 5.55. The fourth-order valence-electron chi connectivity index (χ4n) is 2.92. The van der Waals surface area contributed by atoms with Gasteiger partial charge in [-0.1, -0.05) is 11.6 Å². The number of hydrogen-bond donors (Lipinski definition) is 0. The summed E-state index contributed by atoms with van der Waals surface area (Å²) in [4.78, 5) is 5.89. The van der Waals surface area contributed by atoms with Crippen LogP contribution in [-0.4, -0.2) is 41.8 Å². The summed E-state index contributed by atoms with van der Waals surface area (Å²) in [6.45, 7) is 1.29. The molecule has 1 aliphatic heterocycles. The molecule has 0 amide bonds. The Labute approximate surface area is 155 Å². The Morgan fingerprint density at radius 2 is 1.96 bits per heavy atom. The maximum Gasteiger partial charge on any atom is 0.390 e. The lowest BCUT2D eigenvalue weighted by molar-refractivity contribution is -0.138. The molecule has 138 valence electrons. The number of fused-ring (bicyclic) bond motifs is 1. The molecule has 8 heteroatoms. The van der Waals surface area contributed by atoms with Crippen molar-refractivity contribution in [2.24, 2.45) is 0 Å². The fraction of sp³-hybridized carbons (Fsp3) is 0.471. The standard InChI is InChI=1S/C17H18ClF3N2O.ClH/c18-16-10-14(9-12-1-5-22-11-15(12)16)24-13-2-6-23(7-3-13)8-4-17(19,20)21;/h1,5,9-11,13H,2-4,6-8H2;1H. The number of aromatic nitrogens is 1. The zero-order valence-electron chi connectivity index (χ0n) is 13.4. The quantitative estimate of drug-likeness (QED) is 0.720. The number of pyridine rings is 1. The Balaban J connectivity index is 0.00000225. The van der Waals surface area contributed by atoms with Crippen molar-refractivity contribution in [1.82, 2.24) is 9.88 Å². The molecule has 1 fully saturated rings. The molecule has 2 heterocycles. The molecule has 1 aromatic carbocycles. The minimum Gasteiger partial charge on any atom is -0.490 e. The molecule has 0 atom stereocenters. The Hall–Kier alpha value is -1.24. The summed E-state index contributed by atoms with van der Waals surface area (Å²) >= 11 is 6.25. The van der Waals surface area contributed by atoms with E-state index in [0.29, 0.717) is 36.7 Å². The van der Waals surface area contributed by atoms with Crippen molar-refractivity contribution < 1.29 is 17.9 Å². The summed E-state index contributed by atoms with van der Waals surface area (Å²) in [5.74, 6) is 0.687. The molecule has 0 unspecified atom stereocenters. The van der Waals surface area contributed by atoms with Crippen LogP contribution < -0.4 is 4.74 Å². The van der Waals surface area contributed by atoms with Crippen molar-refractivity contribution in [3.8, 4) is 5.75 Å². The number of nitrogens with zero attached hydrogens (tertiary/aromatic N) is 2. The number of likely N-dealkylation sites (tertiary alicyclic amines) is 1. The van der Waals surface area contributed by atoms with E-state index in [4.69, 9.17) is 16.3 Å². The van der Waals surface area contributed by atoms with Gasteiger partial charge in [0.25, 0.3) is 0 Å². The van der Waals surface area contributed by atoms with Crippen LogP contribution in [0.3, 0.4) is 0 Å². The average Bonchev–Trinajstić information content (AvgIpc) is 2.54. The fourth-order valence-corrected chi connectivity index (χ4v) is 3.19. The lowest BCUT2D eigenvalue weighted by atomic mass is 10.1. The van der Waals surface area contributed by atoms with Crippen LogP contribution in [0.2, 0.25) is 5.02 Å². The molecule has 0 aliphatic carbocycles. The van der Waals surface area contributed by atoms with Gasteiger partial charge in [0.1, 0.15) is 11.9 Å². The molecule has 0 spiro atoms. The maximum atomic E-state index is 12.3. The highest BCUT2D eigenvalue weighted by atomic mass is 35.5. The molecular formula is C17H19Cl2F3N2O. The number of alkyl halides is 3. The number of hydrogen-bond acceptors (Lipinski definition) is 3. The number of halogens is 5. The van der Waals surface area contributed by atoms with Crippen LogP contribution in [-0.2, 0) is 0 Å². The van der Waals surface area contributed by atoms with Crippen molar-refractivity contribution in [3.63, 3.8) is 0 Å². The van der Waals surface area contributed by atoms with Gasteiger partial charge >= 0.3 is 6.18 Å². The van der Waals surface area contributed by atoms with Crippen LogP contribution in [0.15, 0.2) is 30.6 Å². The van der Waals surface area contributed by atoms with Crippen LogP contribution >= 0.6 is 24.0 Å². The lowest BCUT2D eigenvalue weighted by Crippen LogP contribution is -2.39. The molecule has 1 aromatic heterocycles. The third-order valence-corrected chi connectivity index (χ3v) is 4.54. The molecular weight excluding hydrogens is 376 g/mol. The normalized spacial score (nSPS) is 16.6. The molecule has 25 heavy (non-hydrogen) atoms. The first-order valence-electron chi connectivity index (χ1n) is 7.90. The molecule has 3 nitrogen and oxygen atoms in total. The third-order valence-electron chi connectivity index (χ3n) is 4.23. The number of piperidine rings is 1. The van der Waals surface area contributed by atoms with Crippen LogP contribution in [0.4, 0.5) is 13.2 Å². The van der Waals surface area contributed by atoms with Crippen LogP contribution in [0.1, 0.15) is 19.3 Å². The SMILES string of the molecule is Cl.FC(F)(F)CCN1CCC(Oc2cc(Cl)c3cnccc3c2)CC1. The molecule has 0 radical (unpaired) electrons. The van der Waals surface area contributed by atoms with Crippen LogP contribution in [0, 0.1) is 0 Å². The molecule has 0 N–H and O–H groups in total. The van der Waals surface area contributed by atoms with Gasteiger partial charge in [0.15, 0.2) is 0 Å². The van der Waals surface area contributed by atoms with Crippen LogP contribution in [0.25, 0.3) is 10.8 Å². The second-order valence-corrected chi connectivity index (χ2v) is 6.43. The van der Waals surface area contributed by atoms with E-state index in [1.807, 2.05) is 17.0 Å². The van der Waals surface area contributed by atoms with Crippen LogP contribution in [0.5, 0.6) is 5.75 Å². The van der Waals surface area contributed by atoms with Crippen molar-refractivity contribution in [3.05, 3.63) is 35.6 Å². The van der Waals surface area contributed by atoms with E-state index in [9.17, 15) is 13.2 Å². The van der Waals surface area contributed by atoms with Gasteiger partial charge in [0.05, 0.1) is 11.4 Å². The first kappa shape index (κ1) is 20.1. The summed E-state index contributed by atoms with van der Waals surface area (Å²) in [6.07, 6.45) is -0.0188. The van der Waals surface area contributed by atoms with E-state index in [0.717, 1.165) is 10.8 Å². The Bertz CT molecular complexity index is 704. The van der Waals surface area contributed by atoms with Gasteiger partial charge in [-0.3, -0.25) is 4.98 Å². The first-order valence-corrected chi connectivity index (χ1v) is 8.27. The predicted octanol–water partition coefficient (Wildman–Crippen LogP) is 5.11. The smallest absolute Gasteiger partial charge is 0.390 e. The second-order valence-electron chi connectivity index (χ2n) is 6.03. The Morgan fingerprint density at radius 1 is 1.24 bits per heavy atom. The van der Waals surface area contributed by atoms with Crippen molar-refractivity contribution >= 4 is 34.8 Å². The highest BCUT2D eigenvalue weighted by Crippen LogP contribution is 2.30. The topological polar surface area (TPSA) is 25.4 Å². The number of ether oxygens (including phenoxy) is 1. The van der Waals surface area contributed by atoms with Crippen molar-refractivity contribution in [1.29, 1.82) is 0 Å². The van der Waals surface area contributed by atoms with Gasteiger partial charge in [-0.05, 0) is 36.4 Å². The average molecular weight is 395 g/mol. The van der Waals surface area contributed by atoms with Gasteiger partial charge in [-0.15, -0.1) is 12.4 Å². The lowest BCUT2D eigenvalue weighted by Gasteiger charge is -2.32. The minimum atomic E-state index is -4.09.